The third-order valence-electron chi connectivity index (χ3n) is 8.63. The molecular weight excluding hydrogens is 476 g/mol. The number of nitrogens with two attached hydrogens (primary N) is 1. The summed E-state index contributed by atoms with van der Waals surface area (Å²) in [5.74, 6) is 5.99. The summed E-state index contributed by atoms with van der Waals surface area (Å²) < 4.78 is 6.21. The number of ether oxygens (including phenoxy) is 1. The van der Waals surface area contributed by atoms with E-state index >= 15 is 0 Å². The van der Waals surface area contributed by atoms with Gasteiger partial charge in [0.1, 0.15) is 5.75 Å². The van der Waals surface area contributed by atoms with Crippen molar-refractivity contribution in [2.75, 3.05) is 38.2 Å². The van der Waals surface area contributed by atoms with Gasteiger partial charge in [-0.15, -0.1) is 0 Å². The Morgan fingerprint density at radius 2 is 1.71 bits per heavy atom. The van der Waals surface area contributed by atoms with Crippen molar-refractivity contribution in [3.05, 3.63) is 82.4 Å². The van der Waals surface area contributed by atoms with Crippen LogP contribution in [-0.4, -0.2) is 50.0 Å². The predicted octanol–water partition coefficient (Wildman–Crippen LogP) is 4.21. The van der Waals surface area contributed by atoms with Gasteiger partial charge in [0.25, 0.3) is 11.8 Å². The number of nitrogens with zero attached hydrogens (tertiary/aromatic N) is 2. The van der Waals surface area contributed by atoms with Crippen molar-refractivity contribution < 1.29 is 14.3 Å². The average molecular weight is 511 g/mol. The van der Waals surface area contributed by atoms with Gasteiger partial charge in [-0.1, -0.05) is 18.2 Å². The molecule has 3 heterocycles. The van der Waals surface area contributed by atoms with Crippen molar-refractivity contribution in [3.8, 4) is 16.9 Å². The molecule has 0 unspecified atom stereocenters. The zero-order valence-electron chi connectivity index (χ0n) is 22.0. The summed E-state index contributed by atoms with van der Waals surface area (Å²) in [7, 11) is 2.18. The van der Waals surface area contributed by atoms with Crippen molar-refractivity contribution in [3.63, 3.8) is 0 Å². The van der Waals surface area contributed by atoms with E-state index in [1.807, 2.05) is 48.2 Å². The number of benzene rings is 3. The molecule has 0 radical (unpaired) electrons. The minimum absolute atomic E-state index is 0.0282. The molecule has 1 fully saturated rings. The summed E-state index contributed by atoms with van der Waals surface area (Å²) in [6.07, 6.45) is 4.07. The van der Waals surface area contributed by atoms with E-state index in [1.54, 1.807) is 6.07 Å². The quantitative estimate of drug-likeness (QED) is 0.313. The fourth-order valence-corrected chi connectivity index (χ4v) is 6.27. The van der Waals surface area contributed by atoms with E-state index in [1.165, 1.54) is 11.1 Å². The first kappa shape index (κ1) is 24.6. The Balaban J connectivity index is 1.27. The molecule has 0 aromatic heterocycles. The molecule has 0 bridgehead atoms. The zero-order valence-corrected chi connectivity index (χ0v) is 22.0. The van der Waals surface area contributed by atoms with Gasteiger partial charge in [-0.2, -0.15) is 0 Å². The highest BCUT2D eigenvalue weighted by Gasteiger charge is 2.43. The van der Waals surface area contributed by atoms with Crippen LogP contribution in [0.1, 0.15) is 56.7 Å². The number of carbonyl (C=O) groups is 2. The van der Waals surface area contributed by atoms with E-state index in [-0.39, 0.29) is 17.2 Å². The number of rotatable bonds is 3. The average Bonchev–Trinajstić information content (AvgIpc) is 3.29. The Kier molecular flexibility index (Phi) is 6.20. The van der Waals surface area contributed by atoms with E-state index in [9.17, 15) is 9.59 Å². The molecule has 196 valence electrons. The molecule has 1 saturated heterocycles. The topological polar surface area (TPSA) is 87.9 Å². The van der Waals surface area contributed by atoms with E-state index < -0.39 is 0 Å². The van der Waals surface area contributed by atoms with Crippen LogP contribution in [-0.2, 0) is 11.8 Å². The van der Waals surface area contributed by atoms with Gasteiger partial charge >= 0.3 is 0 Å². The van der Waals surface area contributed by atoms with Crippen molar-refractivity contribution in [1.82, 2.24) is 10.3 Å². The van der Waals surface area contributed by atoms with Gasteiger partial charge < -0.3 is 14.5 Å². The largest absolute Gasteiger partial charge is 0.492 e. The second-order valence-electron chi connectivity index (χ2n) is 11.0. The first-order valence-corrected chi connectivity index (χ1v) is 13.4. The molecule has 0 aliphatic carbocycles. The maximum absolute atomic E-state index is 13.8. The maximum atomic E-state index is 13.8. The molecular formula is C31H34N4O3. The molecule has 7 heteroatoms. The maximum Gasteiger partial charge on any atom is 0.265 e. The van der Waals surface area contributed by atoms with Gasteiger partial charge in [-0.3, -0.25) is 15.0 Å². The fraction of sp³-hybridized carbons (Fsp3) is 0.355. The van der Waals surface area contributed by atoms with E-state index in [0.29, 0.717) is 17.7 Å². The first-order valence-electron chi connectivity index (χ1n) is 13.4. The first-order chi connectivity index (χ1) is 18.4. The summed E-state index contributed by atoms with van der Waals surface area (Å²) in [4.78, 5) is 30.0. The van der Waals surface area contributed by atoms with E-state index in [0.717, 1.165) is 73.5 Å². The van der Waals surface area contributed by atoms with Gasteiger partial charge in [-0.05, 0) is 111 Å². The number of hydrogen-bond donors (Lipinski definition) is 2. The lowest BCUT2D eigenvalue weighted by atomic mass is 9.74. The Hall–Kier alpha value is -3.68. The molecule has 3 aliphatic heterocycles. The number of hydrazine groups is 1. The van der Waals surface area contributed by atoms with Crippen molar-refractivity contribution in [2.24, 2.45) is 5.84 Å². The molecule has 2 amide bonds. The Morgan fingerprint density at radius 3 is 2.42 bits per heavy atom. The molecule has 3 N–H and O–H groups in total. The van der Waals surface area contributed by atoms with Crippen LogP contribution in [0.4, 0.5) is 5.69 Å². The number of amides is 2. The lowest BCUT2D eigenvalue weighted by Gasteiger charge is -2.37. The number of carbonyl (C=O) groups excluding carboxylic acids is 2. The fourth-order valence-electron chi connectivity index (χ4n) is 6.27. The minimum atomic E-state index is -0.318. The summed E-state index contributed by atoms with van der Waals surface area (Å²) in [6.45, 7) is 5.55. The second-order valence-corrected chi connectivity index (χ2v) is 11.0. The highest BCUT2D eigenvalue weighted by molar-refractivity contribution is 6.07. The Morgan fingerprint density at radius 1 is 0.974 bits per heavy atom. The lowest BCUT2D eigenvalue weighted by Crippen LogP contribution is -2.42. The summed E-state index contributed by atoms with van der Waals surface area (Å²) in [5, 5.41) is 0. The number of likely N-dealkylation sites (tertiary alicyclic amines) is 1. The standard InChI is InChI=1S/C31H34N4O3/c1-20-16-24(29(36)33-32)9-10-25(20)21-5-7-22(8-6-21)30(37)35-13-3-4-23-17-28-26(18-27(23)35)31(19-38-28)11-14-34(2)15-12-31/h5-10,16-18H,3-4,11-15,19,32H2,1-2H3,(H,33,36). The highest BCUT2D eigenvalue weighted by Crippen LogP contribution is 2.48. The lowest BCUT2D eigenvalue weighted by molar-refractivity contribution is 0.0951. The number of nitrogens with one attached hydrogen (secondary N) is 1. The summed E-state index contributed by atoms with van der Waals surface area (Å²) in [5.41, 5.74) is 9.91. The van der Waals surface area contributed by atoms with Gasteiger partial charge in [0, 0.05) is 34.3 Å². The molecule has 0 atom stereocenters. The van der Waals surface area contributed by atoms with Crippen molar-refractivity contribution >= 4 is 17.5 Å². The van der Waals surface area contributed by atoms with E-state index in [2.05, 4.69) is 29.5 Å². The SMILES string of the molecule is Cc1cc(C(=O)NN)ccc1-c1ccc(C(=O)N2CCCc3cc4c(cc32)C2(CCN(C)CC2)CO4)cc1. The van der Waals surface area contributed by atoms with Crippen LogP contribution in [0.5, 0.6) is 5.75 Å². The number of piperidine rings is 1. The minimum Gasteiger partial charge on any atom is -0.492 e. The van der Waals surface area contributed by atoms with Crippen LogP contribution in [0, 0.1) is 6.92 Å². The molecule has 3 aromatic carbocycles. The normalized spacial score (nSPS) is 18.0. The molecule has 1 spiro atoms. The van der Waals surface area contributed by atoms with Gasteiger partial charge in [0.2, 0.25) is 0 Å². The summed E-state index contributed by atoms with van der Waals surface area (Å²) >= 11 is 0. The van der Waals surface area contributed by atoms with Gasteiger partial charge in [0.05, 0.1) is 6.61 Å². The monoisotopic (exact) mass is 510 g/mol. The van der Waals surface area contributed by atoms with Gasteiger partial charge in [-0.25, -0.2) is 5.84 Å². The van der Waals surface area contributed by atoms with Crippen LogP contribution in [0.2, 0.25) is 0 Å². The second kappa shape index (κ2) is 9.57. The Labute approximate surface area is 223 Å². The van der Waals surface area contributed by atoms with Crippen molar-refractivity contribution in [2.45, 2.75) is 38.0 Å². The number of nitrogen functional groups attached to an aromatic ring is 1. The molecule has 7 nitrogen and oxygen atoms in total. The van der Waals surface area contributed by atoms with Crippen LogP contribution in [0.3, 0.4) is 0 Å². The molecule has 3 aromatic rings. The van der Waals surface area contributed by atoms with Crippen LogP contribution in [0.25, 0.3) is 11.1 Å². The van der Waals surface area contributed by atoms with Crippen LogP contribution >= 0.6 is 0 Å². The third-order valence-corrected chi connectivity index (χ3v) is 8.63. The molecule has 3 aliphatic rings. The predicted molar refractivity (Wildman–Crippen MR) is 149 cm³/mol. The van der Waals surface area contributed by atoms with E-state index in [4.69, 9.17) is 10.6 Å². The zero-order chi connectivity index (χ0) is 26.4. The van der Waals surface area contributed by atoms with Crippen LogP contribution in [0.15, 0.2) is 54.6 Å². The third kappa shape index (κ3) is 4.16. The number of anilines is 1. The number of aryl methyl sites for hydroxylation is 2. The number of hydrogen-bond acceptors (Lipinski definition) is 5. The van der Waals surface area contributed by atoms with Crippen molar-refractivity contribution in [1.29, 1.82) is 0 Å². The highest BCUT2D eigenvalue weighted by atomic mass is 16.5. The van der Waals surface area contributed by atoms with Gasteiger partial charge in [0.15, 0.2) is 0 Å². The molecule has 0 saturated carbocycles. The summed E-state index contributed by atoms with van der Waals surface area (Å²) in [6, 6.07) is 17.7. The Bertz CT molecular complexity index is 1410. The molecule has 6 rings (SSSR count). The number of fused-ring (bicyclic) bond motifs is 3. The molecule has 38 heavy (non-hydrogen) atoms. The van der Waals surface area contributed by atoms with Crippen LogP contribution < -0.4 is 20.9 Å². The smallest absolute Gasteiger partial charge is 0.265 e.